The zero-order valence-electron chi connectivity index (χ0n) is 11.9. The van der Waals surface area contributed by atoms with Crippen LogP contribution in [0.25, 0.3) is 0 Å². The van der Waals surface area contributed by atoms with Crippen molar-refractivity contribution in [1.29, 1.82) is 0 Å². The van der Waals surface area contributed by atoms with Crippen LogP contribution in [-0.4, -0.2) is 25.9 Å². The maximum Gasteiger partial charge on any atom is 0.118 e. The molecule has 0 spiro atoms. The molecule has 0 fully saturated rings. The number of ether oxygens (including phenoxy) is 2. The number of aliphatic hydroxyl groups is 1. The van der Waals surface area contributed by atoms with Gasteiger partial charge in [0.05, 0.1) is 20.8 Å². The van der Waals surface area contributed by atoms with Gasteiger partial charge in [-0.2, -0.15) is 0 Å². The first-order chi connectivity index (χ1) is 9.76. The van der Waals surface area contributed by atoms with E-state index in [1.54, 1.807) is 14.2 Å². The summed E-state index contributed by atoms with van der Waals surface area (Å²) in [4.78, 5) is 0. The SMILES string of the molecule is COc1ccc(CC(CO)c2ccc(OC)cc2)cc1. The second-order valence-electron chi connectivity index (χ2n) is 4.70. The molecule has 0 bridgehead atoms. The molecule has 2 aromatic rings. The Morgan fingerprint density at radius 2 is 1.35 bits per heavy atom. The lowest BCUT2D eigenvalue weighted by atomic mass is 9.92. The number of rotatable bonds is 6. The van der Waals surface area contributed by atoms with Crippen LogP contribution in [0.4, 0.5) is 0 Å². The third kappa shape index (κ3) is 3.52. The monoisotopic (exact) mass is 272 g/mol. The van der Waals surface area contributed by atoms with Crippen LogP contribution in [0.15, 0.2) is 48.5 Å². The van der Waals surface area contributed by atoms with Crippen LogP contribution < -0.4 is 9.47 Å². The average Bonchev–Trinajstić information content (AvgIpc) is 2.53. The number of benzene rings is 2. The number of methoxy groups -OCH3 is 2. The largest absolute Gasteiger partial charge is 0.497 e. The highest BCUT2D eigenvalue weighted by atomic mass is 16.5. The van der Waals surface area contributed by atoms with Gasteiger partial charge in [-0.25, -0.2) is 0 Å². The van der Waals surface area contributed by atoms with Gasteiger partial charge in [-0.3, -0.25) is 0 Å². The number of hydrogen-bond donors (Lipinski definition) is 1. The van der Waals surface area contributed by atoms with E-state index >= 15 is 0 Å². The maximum absolute atomic E-state index is 9.61. The van der Waals surface area contributed by atoms with E-state index in [0.717, 1.165) is 23.5 Å². The van der Waals surface area contributed by atoms with Crippen LogP contribution in [0.3, 0.4) is 0 Å². The van der Waals surface area contributed by atoms with Gasteiger partial charge in [-0.15, -0.1) is 0 Å². The van der Waals surface area contributed by atoms with Crippen molar-refractivity contribution in [3.8, 4) is 11.5 Å². The van der Waals surface area contributed by atoms with E-state index in [2.05, 4.69) is 0 Å². The van der Waals surface area contributed by atoms with Gasteiger partial charge in [0.25, 0.3) is 0 Å². The van der Waals surface area contributed by atoms with Crippen LogP contribution in [-0.2, 0) is 6.42 Å². The molecule has 0 heterocycles. The normalized spacial score (nSPS) is 11.9. The van der Waals surface area contributed by atoms with Crippen LogP contribution in [0.5, 0.6) is 11.5 Å². The molecule has 0 aliphatic rings. The molecule has 0 saturated heterocycles. The molecule has 0 radical (unpaired) electrons. The topological polar surface area (TPSA) is 38.7 Å². The van der Waals surface area contributed by atoms with E-state index < -0.39 is 0 Å². The van der Waals surface area contributed by atoms with E-state index in [1.807, 2.05) is 48.5 Å². The van der Waals surface area contributed by atoms with Crippen molar-refractivity contribution in [2.45, 2.75) is 12.3 Å². The van der Waals surface area contributed by atoms with Gasteiger partial charge in [-0.05, 0) is 41.8 Å². The first-order valence-electron chi connectivity index (χ1n) is 6.64. The molecule has 2 rings (SSSR count). The van der Waals surface area contributed by atoms with Crippen molar-refractivity contribution in [2.24, 2.45) is 0 Å². The predicted molar refractivity (Wildman–Crippen MR) is 79.5 cm³/mol. The van der Waals surface area contributed by atoms with E-state index in [4.69, 9.17) is 9.47 Å². The highest BCUT2D eigenvalue weighted by Gasteiger charge is 2.11. The zero-order valence-corrected chi connectivity index (χ0v) is 11.9. The van der Waals surface area contributed by atoms with Gasteiger partial charge >= 0.3 is 0 Å². The summed E-state index contributed by atoms with van der Waals surface area (Å²) in [7, 11) is 3.30. The minimum Gasteiger partial charge on any atom is -0.497 e. The average molecular weight is 272 g/mol. The van der Waals surface area contributed by atoms with E-state index in [-0.39, 0.29) is 12.5 Å². The summed E-state index contributed by atoms with van der Waals surface area (Å²) in [6.45, 7) is 0.123. The van der Waals surface area contributed by atoms with E-state index in [1.165, 1.54) is 5.56 Å². The molecule has 3 heteroatoms. The van der Waals surface area contributed by atoms with Crippen molar-refractivity contribution >= 4 is 0 Å². The summed E-state index contributed by atoms with van der Waals surface area (Å²) >= 11 is 0. The summed E-state index contributed by atoms with van der Waals surface area (Å²) in [6.07, 6.45) is 0.798. The molecule has 0 saturated carbocycles. The van der Waals surface area contributed by atoms with Gasteiger partial charge in [0.15, 0.2) is 0 Å². The maximum atomic E-state index is 9.61. The Bertz CT molecular complexity index is 517. The molecular weight excluding hydrogens is 252 g/mol. The third-order valence-electron chi connectivity index (χ3n) is 3.45. The lowest BCUT2D eigenvalue weighted by molar-refractivity contribution is 0.264. The zero-order chi connectivity index (χ0) is 14.4. The molecule has 0 aliphatic heterocycles. The predicted octanol–water partition coefficient (Wildman–Crippen LogP) is 3.02. The van der Waals surface area contributed by atoms with E-state index in [9.17, 15) is 5.11 Å². The van der Waals surface area contributed by atoms with Gasteiger partial charge < -0.3 is 14.6 Å². The number of aliphatic hydroxyl groups excluding tert-OH is 1. The van der Waals surface area contributed by atoms with Crippen LogP contribution in [0, 0.1) is 0 Å². The van der Waals surface area contributed by atoms with Gasteiger partial charge in [0.1, 0.15) is 11.5 Å². The second kappa shape index (κ2) is 6.96. The van der Waals surface area contributed by atoms with Crippen LogP contribution in [0.2, 0.25) is 0 Å². The number of hydrogen-bond acceptors (Lipinski definition) is 3. The van der Waals surface area contributed by atoms with Gasteiger partial charge in [0.2, 0.25) is 0 Å². The summed E-state index contributed by atoms with van der Waals surface area (Å²) in [5.74, 6) is 1.77. The Hall–Kier alpha value is -2.00. The smallest absolute Gasteiger partial charge is 0.118 e. The molecule has 0 aliphatic carbocycles. The van der Waals surface area contributed by atoms with Gasteiger partial charge in [0, 0.05) is 5.92 Å². The lowest BCUT2D eigenvalue weighted by Crippen LogP contribution is -2.07. The first kappa shape index (κ1) is 14.4. The van der Waals surface area contributed by atoms with Crippen molar-refractivity contribution in [3.05, 3.63) is 59.7 Å². The van der Waals surface area contributed by atoms with Crippen molar-refractivity contribution in [1.82, 2.24) is 0 Å². The summed E-state index contributed by atoms with van der Waals surface area (Å²) in [5.41, 5.74) is 2.30. The molecule has 0 amide bonds. The third-order valence-corrected chi connectivity index (χ3v) is 3.45. The molecule has 3 nitrogen and oxygen atoms in total. The van der Waals surface area contributed by atoms with E-state index in [0.29, 0.717) is 0 Å². The van der Waals surface area contributed by atoms with Crippen LogP contribution in [0.1, 0.15) is 17.0 Å². The molecule has 1 atom stereocenters. The van der Waals surface area contributed by atoms with Crippen LogP contribution >= 0.6 is 0 Å². The lowest BCUT2D eigenvalue weighted by Gasteiger charge is -2.15. The minimum atomic E-state index is 0.0919. The second-order valence-corrected chi connectivity index (χ2v) is 4.70. The molecule has 1 N–H and O–H groups in total. The Kier molecular flexibility index (Phi) is 5.02. The van der Waals surface area contributed by atoms with Crippen molar-refractivity contribution in [2.75, 3.05) is 20.8 Å². The highest BCUT2D eigenvalue weighted by Crippen LogP contribution is 2.24. The standard InChI is InChI=1S/C17H20O3/c1-19-16-7-3-13(4-8-16)11-15(12-18)14-5-9-17(20-2)10-6-14/h3-10,15,18H,11-12H2,1-2H3. The van der Waals surface area contributed by atoms with Crippen molar-refractivity contribution in [3.63, 3.8) is 0 Å². The fourth-order valence-electron chi connectivity index (χ4n) is 2.21. The molecule has 1 unspecified atom stereocenters. The minimum absolute atomic E-state index is 0.0919. The Morgan fingerprint density at radius 1 is 0.850 bits per heavy atom. The Balaban J connectivity index is 2.10. The van der Waals surface area contributed by atoms with Gasteiger partial charge in [-0.1, -0.05) is 24.3 Å². The summed E-state index contributed by atoms with van der Waals surface area (Å²) in [6, 6.07) is 15.8. The Morgan fingerprint density at radius 3 is 1.80 bits per heavy atom. The quantitative estimate of drug-likeness (QED) is 0.878. The molecule has 0 aromatic heterocycles. The molecule has 2 aromatic carbocycles. The summed E-state index contributed by atoms with van der Waals surface area (Å²) in [5, 5.41) is 9.61. The summed E-state index contributed by atoms with van der Waals surface area (Å²) < 4.78 is 10.3. The molecule has 106 valence electrons. The fourth-order valence-corrected chi connectivity index (χ4v) is 2.21. The fraction of sp³-hybridized carbons (Fsp3) is 0.294. The molecule has 20 heavy (non-hydrogen) atoms. The molecular formula is C17H20O3. The van der Waals surface area contributed by atoms with Crippen molar-refractivity contribution < 1.29 is 14.6 Å². The Labute approximate surface area is 119 Å². The highest BCUT2D eigenvalue weighted by molar-refractivity contribution is 5.32. The first-order valence-corrected chi connectivity index (χ1v) is 6.64.